The molecule has 1 aromatic heterocycles. The van der Waals surface area contributed by atoms with Crippen LogP contribution in [0.1, 0.15) is 30.6 Å². The Balaban J connectivity index is 1.77. The lowest BCUT2D eigenvalue weighted by Gasteiger charge is -2.36. The Kier molecular flexibility index (Phi) is 4.27. The summed E-state index contributed by atoms with van der Waals surface area (Å²) in [6, 6.07) is 8.12. The predicted molar refractivity (Wildman–Crippen MR) is 86.9 cm³/mol. The highest BCUT2D eigenvalue weighted by Crippen LogP contribution is 2.28. The Morgan fingerprint density at radius 1 is 1.43 bits per heavy atom. The van der Waals surface area contributed by atoms with E-state index in [0.29, 0.717) is 12.0 Å². The number of carbonyl (C=O) groups excluding carboxylic acids is 1. The third-order valence-electron chi connectivity index (χ3n) is 4.21. The fourth-order valence-corrected chi connectivity index (χ4v) is 4.02. The summed E-state index contributed by atoms with van der Waals surface area (Å²) in [5.74, 6) is 0.557. The number of carbonyl (C=O) groups is 1. The summed E-state index contributed by atoms with van der Waals surface area (Å²) >= 11 is 1.64. The molecule has 112 valence electrons. The number of amides is 1. The van der Waals surface area contributed by atoms with E-state index in [9.17, 15) is 4.79 Å². The van der Waals surface area contributed by atoms with Crippen molar-refractivity contribution in [3.05, 3.63) is 35.2 Å². The van der Waals surface area contributed by atoms with E-state index in [1.54, 1.807) is 11.3 Å². The summed E-state index contributed by atoms with van der Waals surface area (Å²) in [4.78, 5) is 14.8. The highest BCUT2D eigenvalue weighted by atomic mass is 32.1. The zero-order valence-corrected chi connectivity index (χ0v) is 13.4. The number of ether oxygens (including phenoxy) is 1. The van der Waals surface area contributed by atoms with Gasteiger partial charge in [0, 0.05) is 35.2 Å². The molecule has 0 spiro atoms. The molecule has 0 unspecified atom stereocenters. The molecule has 0 radical (unpaired) electrons. The molecule has 21 heavy (non-hydrogen) atoms. The van der Waals surface area contributed by atoms with Crippen LogP contribution in [0.5, 0.6) is 0 Å². The number of benzene rings is 1. The maximum atomic E-state index is 12.8. The molecule has 2 heterocycles. The van der Waals surface area contributed by atoms with Gasteiger partial charge >= 0.3 is 0 Å². The third-order valence-corrected chi connectivity index (χ3v) is 5.17. The Labute approximate surface area is 129 Å². The second-order valence-corrected chi connectivity index (χ2v) is 6.57. The highest BCUT2D eigenvalue weighted by molar-refractivity contribution is 7.17. The first kappa shape index (κ1) is 14.5. The van der Waals surface area contributed by atoms with Crippen LogP contribution in [0, 0.1) is 5.92 Å². The van der Waals surface area contributed by atoms with Crippen molar-refractivity contribution in [3.63, 3.8) is 0 Å². The van der Waals surface area contributed by atoms with Crippen LogP contribution in [0.15, 0.2) is 29.6 Å². The average molecular weight is 303 g/mol. The standard InChI is InChI=1S/C17H21NO2S/c1-3-20-15-8-9-18(10-12(15)2)17(19)14-11-21-16-7-5-4-6-13(14)16/h4-7,11-12,15H,3,8-10H2,1-2H3/t12-,15+/m0/s1. The SMILES string of the molecule is CCO[C@@H]1CCN(C(=O)c2csc3ccccc23)C[C@@H]1C. The van der Waals surface area contributed by atoms with Gasteiger partial charge in [0.2, 0.25) is 0 Å². The van der Waals surface area contributed by atoms with Gasteiger partial charge in [-0.05, 0) is 25.3 Å². The van der Waals surface area contributed by atoms with E-state index >= 15 is 0 Å². The average Bonchev–Trinajstić information content (AvgIpc) is 2.93. The van der Waals surface area contributed by atoms with Crippen LogP contribution in [0.4, 0.5) is 0 Å². The molecule has 1 amide bonds. The monoisotopic (exact) mass is 303 g/mol. The Morgan fingerprint density at radius 2 is 2.24 bits per heavy atom. The van der Waals surface area contributed by atoms with Crippen LogP contribution in [0.3, 0.4) is 0 Å². The van der Waals surface area contributed by atoms with Gasteiger partial charge in [-0.3, -0.25) is 4.79 Å². The van der Waals surface area contributed by atoms with E-state index in [1.807, 2.05) is 35.4 Å². The van der Waals surface area contributed by atoms with Crippen molar-refractivity contribution in [2.45, 2.75) is 26.4 Å². The topological polar surface area (TPSA) is 29.5 Å². The number of thiophene rings is 1. The lowest BCUT2D eigenvalue weighted by molar-refractivity contribution is -0.0178. The molecule has 4 heteroatoms. The number of hydrogen-bond donors (Lipinski definition) is 0. The van der Waals surface area contributed by atoms with Gasteiger partial charge in [-0.2, -0.15) is 0 Å². The molecule has 0 N–H and O–H groups in total. The Hall–Kier alpha value is -1.39. The first-order valence-corrected chi connectivity index (χ1v) is 8.45. The molecule has 1 aliphatic heterocycles. The van der Waals surface area contributed by atoms with Gasteiger partial charge in [-0.25, -0.2) is 0 Å². The number of rotatable bonds is 3. The van der Waals surface area contributed by atoms with Crippen molar-refractivity contribution in [2.75, 3.05) is 19.7 Å². The van der Waals surface area contributed by atoms with Gasteiger partial charge < -0.3 is 9.64 Å². The minimum Gasteiger partial charge on any atom is -0.378 e. The number of fused-ring (bicyclic) bond motifs is 1. The van der Waals surface area contributed by atoms with Crippen molar-refractivity contribution < 1.29 is 9.53 Å². The first-order valence-electron chi connectivity index (χ1n) is 7.57. The van der Waals surface area contributed by atoms with Crippen LogP contribution in [0.25, 0.3) is 10.1 Å². The summed E-state index contributed by atoms with van der Waals surface area (Å²) < 4.78 is 6.93. The van der Waals surface area contributed by atoms with Crippen molar-refractivity contribution >= 4 is 27.3 Å². The molecule has 1 aromatic carbocycles. The first-order chi connectivity index (χ1) is 10.2. The molecule has 3 nitrogen and oxygen atoms in total. The maximum Gasteiger partial charge on any atom is 0.255 e. The van der Waals surface area contributed by atoms with Crippen LogP contribution in [-0.4, -0.2) is 36.6 Å². The molecule has 0 saturated carbocycles. The summed E-state index contributed by atoms with van der Waals surface area (Å²) in [5, 5.41) is 3.07. The number of piperidine rings is 1. The number of nitrogens with zero attached hydrogens (tertiary/aromatic N) is 1. The van der Waals surface area contributed by atoms with E-state index in [1.165, 1.54) is 4.70 Å². The molecule has 0 aliphatic carbocycles. The normalized spacial score (nSPS) is 22.7. The molecule has 3 rings (SSSR count). The Morgan fingerprint density at radius 3 is 3.00 bits per heavy atom. The van der Waals surface area contributed by atoms with Gasteiger partial charge in [0.15, 0.2) is 0 Å². The second kappa shape index (κ2) is 6.16. The minimum atomic E-state index is 0.161. The lowest BCUT2D eigenvalue weighted by Crippen LogP contribution is -2.45. The largest absolute Gasteiger partial charge is 0.378 e. The highest BCUT2D eigenvalue weighted by Gasteiger charge is 2.30. The van der Waals surface area contributed by atoms with E-state index in [-0.39, 0.29) is 5.91 Å². The maximum absolute atomic E-state index is 12.8. The number of hydrogen-bond acceptors (Lipinski definition) is 3. The van der Waals surface area contributed by atoms with Gasteiger partial charge in [0.1, 0.15) is 0 Å². The molecule has 2 aromatic rings. The van der Waals surface area contributed by atoms with E-state index in [2.05, 4.69) is 13.0 Å². The van der Waals surface area contributed by atoms with Crippen LogP contribution in [0.2, 0.25) is 0 Å². The molecule has 1 aliphatic rings. The van der Waals surface area contributed by atoms with E-state index in [4.69, 9.17) is 4.74 Å². The summed E-state index contributed by atoms with van der Waals surface area (Å²) in [7, 11) is 0. The van der Waals surface area contributed by atoms with Gasteiger partial charge in [-0.15, -0.1) is 11.3 Å². The van der Waals surface area contributed by atoms with Crippen LogP contribution < -0.4 is 0 Å². The molecular weight excluding hydrogens is 282 g/mol. The fourth-order valence-electron chi connectivity index (χ4n) is 3.08. The Bertz CT molecular complexity index is 637. The lowest BCUT2D eigenvalue weighted by atomic mass is 9.96. The van der Waals surface area contributed by atoms with Gasteiger partial charge in [0.05, 0.1) is 11.7 Å². The second-order valence-electron chi connectivity index (χ2n) is 5.66. The third kappa shape index (κ3) is 2.83. The quantitative estimate of drug-likeness (QED) is 0.863. The van der Waals surface area contributed by atoms with Gasteiger partial charge in [0.25, 0.3) is 5.91 Å². The molecule has 1 fully saturated rings. The predicted octanol–water partition coefficient (Wildman–Crippen LogP) is 3.79. The minimum absolute atomic E-state index is 0.161. The zero-order chi connectivity index (χ0) is 14.8. The van der Waals surface area contributed by atoms with Crippen molar-refractivity contribution in [1.82, 2.24) is 4.90 Å². The summed E-state index contributed by atoms with van der Waals surface area (Å²) in [6.07, 6.45) is 1.22. The zero-order valence-electron chi connectivity index (χ0n) is 12.5. The molecule has 2 atom stereocenters. The summed E-state index contributed by atoms with van der Waals surface area (Å²) in [5.41, 5.74) is 0.845. The van der Waals surface area contributed by atoms with Crippen molar-refractivity contribution in [1.29, 1.82) is 0 Å². The molecule has 1 saturated heterocycles. The molecular formula is C17H21NO2S. The smallest absolute Gasteiger partial charge is 0.255 e. The van der Waals surface area contributed by atoms with E-state index in [0.717, 1.165) is 37.1 Å². The van der Waals surface area contributed by atoms with Crippen LogP contribution in [-0.2, 0) is 4.74 Å². The van der Waals surface area contributed by atoms with Gasteiger partial charge in [-0.1, -0.05) is 25.1 Å². The fraction of sp³-hybridized carbons (Fsp3) is 0.471. The van der Waals surface area contributed by atoms with Crippen molar-refractivity contribution in [3.8, 4) is 0 Å². The number of likely N-dealkylation sites (tertiary alicyclic amines) is 1. The van der Waals surface area contributed by atoms with Crippen molar-refractivity contribution in [2.24, 2.45) is 5.92 Å². The van der Waals surface area contributed by atoms with E-state index < -0.39 is 0 Å². The van der Waals surface area contributed by atoms with Crippen LogP contribution >= 0.6 is 11.3 Å². The molecule has 0 bridgehead atoms. The summed E-state index contributed by atoms with van der Waals surface area (Å²) in [6.45, 7) is 6.52.